The maximum absolute atomic E-state index is 12.4. The molecule has 0 amide bonds. The Bertz CT molecular complexity index is 1110. The minimum atomic E-state index is -3.53. The van der Waals surface area contributed by atoms with Gasteiger partial charge in [0.05, 0.1) is 21.0 Å². The normalized spacial score (nSPS) is 12.1. The second-order valence-corrected chi connectivity index (χ2v) is 9.48. The zero-order valence-electron chi connectivity index (χ0n) is 15.8. The first-order valence-corrected chi connectivity index (χ1v) is 10.9. The molecule has 3 rings (SSSR count). The minimum absolute atomic E-state index is 0.200. The third kappa shape index (κ3) is 4.12. The van der Waals surface area contributed by atoms with E-state index in [1.165, 1.54) is 18.4 Å². The molecule has 6 nitrogen and oxygen atoms in total. The van der Waals surface area contributed by atoms with Crippen LogP contribution in [-0.2, 0) is 23.2 Å². The molecule has 3 aromatic rings. The predicted molar refractivity (Wildman–Crippen MR) is 112 cm³/mol. The van der Waals surface area contributed by atoms with Crippen LogP contribution in [0.4, 0.5) is 0 Å². The number of rotatable bonds is 7. The van der Waals surface area contributed by atoms with Crippen LogP contribution in [0.25, 0.3) is 11.0 Å². The van der Waals surface area contributed by atoms with E-state index >= 15 is 0 Å². The molecular weight excluding hydrogens is 421 g/mol. The van der Waals surface area contributed by atoms with E-state index < -0.39 is 10.0 Å². The summed E-state index contributed by atoms with van der Waals surface area (Å²) in [4.78, 5) is 4.82. The average molecular weight is 442 g/mol. The molecule has 0 bridgehead atoms. The molecule has 0 N–H and O–H groups in total. The third-order valence-electron chi connectivity index (χ3n) is 4.28. The van der Waals surface area contributed by atoms with Crippen LogP contribution < -0.4 is 4.74 Å². The van der Waals surface area contributed by atoms with Crippen LogP contribution in [-0.4, -0.2) is 36.4 Å². The summed E-state index contributed by atoms with van der Waals surface area (Å²) in [5.41, 5.74) is 1.47. The monoisotopic (exact) mass is 441 g/mol. The van der Waals surface area contributed by atoms with Gasteiger partial charge in [0.15, 0.2) is 0 Å². The SMILES string of the molecule is CCCn1c(COc2ccc(Cl)cc2Cl)nc2cc(S(=O)(=O)N(C)C)ccc21. The fourth-order valence-corrected chi connectivity index (χ4v) is 4.23. The topological polar surface area (TPSA) is 64.4 Å². The molecule has 0 atom stereocenters. The van der Waals surface area contributed by atoms with E-state index in [4.69, 9.17) is 27.9 Å². The number of ether oxygens (including phenoxy) is 1. The molecule has 0 aliphatic heterocycles. The smallest absolute Gasteiger partial charge is 0.242 e. The summed E-state index contributed by atoms with van der Waals surface area (Å²) in [7, 11) is -0.518. The maximum Gasteiger partial charge on any atom is 0.242 e. The van der Waals surface area contributed by atoms with E-state index in [9.17, 15) is 8.42 Å². The van der Waals surface area contributed by atoms with Gasteiger partial charge < -0.3 is 9.30 Å². The van der Waals surface area contributed by atoms with Crippen molar-refractivity contribution in [3.8, 4) is 5.75 Å². The van der Waals surface area contributed by atoms with Gasteiger partial charge in [0.25, 0.3) is 0 Å². The van der Waals surface area contributed by atoms with Crippen LogP contribution in [0.5, 0.6) is 5.75 Å². The summed E-state index contributed by atoms with van der Waals surface area (Å²) in [5.74, 6) is 1.21. The zero-order valence-corrected chi connectivity index (χ0v) is 18.1. The van der Waals surface area contributed by atoms with Gasteiger partial charge >= 0.3 is 0 Å². The van der Waals surface area contributed by atoms with Crippen LogP contribution in [0.2, 0.25) is 10.0 Å². The molecule has 0 fully saturated rings. The highest BCUT2D eigenvalue weighted by Crippen LogP contribution is 2.29. The number of aryl methyl sites for hydroxylation is 1. The summed E-state index contributed by atoms with van der Waals surface area (Å²) in [6.07, 6.45) is 0.901. The van der Waals surface area contributed by atoms with Gasteiger partial charge in [-0.25, -0.2) is 17.7 Å². The number of imidazole rings is 1. The summed E-state index contributed by atoms with van der Waals surface area (Å²) >= 11 is 12.1. The van der Waals surface area contributed by atoms with Crippen molar-refractivity contribution in [2.75, 3.05) is 14.1 Å². The van der Waals surface area contributed by atoms with Crippen LogP contribution in [0.1, 0.15) is 19.2 Å². The Morgan fingerprint density at radius 1 is 1.14 bits per heavy atom. The van der Waals surface area contributed by atoms with E-state index in [0.29, 0.717) is 27.1 Å². The molecular formula is C19H21Cl2N3O3S. The Hall–Kier alpha value is -1.80. The maximum atomic E-state index is 12.4. The highest BCUT2D eigenvalue weighted by Gasteiger charge is 2.20. The van der Waals surface area contributed by atoms with E-state index in [1.54, 1.807) is 36.4 Å². The summed E-state index contributed by atoms with van der Waals surface area (Å²) in [5, 5.41) is 0.954. The van der Waals surface area contributed by atoms with Gasteiger partial charge in [0.2, 0.25) is 10.0 Å². The lowest BCUT2D eigenvalue weighted by atomic mass is 10.3. The van der Waals surface area contributed by atoms with Gasteiger partial charge in [-0.2, -0.15) is 0 Å². The van der Waals surface area contributed by atoms with Crippen molar-refractivity contribution in [2.24, 2.45) is 0 Å². The van der Waals surface area contributed by atoms with Crippen molar-refractivity contribution in [2.45, 2.75) is 31.4 Å². The molecule has 150 valence electrons. The first kappa shape index (κ1) is 20.9. The molecule has 0 radical (unpaired) electrons. The highest BCUT2D eigenvalue weighted by atomic mass is 35.5. The summed E-state index contributed by atoms with van der Waals surface area (Å²) in [6.45, 7) is 3.01. The molecule has 9 heteroatoms. The Kier molecular flexibility index (Phi) is 6.19. The first-order valence-electron chi connectivity index (χ1n) is 8.73. The van der Waals surface area contributed by atoms with Crippen molar-refractivity contribution in [3.63, 3.8) is 0 Å². The molecule has 0 unspecified atom stereocenters. The molecule has 0 spiro atoms. The zero-order chi connectivity index (χ0) is 20.5. The van der Waals surface area contributed by atoms with Crippen molar-refractivity contribution in [3.05, 3.63) is 52.3 Å². The minimum Gasteiger partial charge on any atom is -0.484 e. The third-order valence-corrected chi connectivity index (χ3v) is 6.62. The fraction of sp³-hybridized carbons (Fsp3) is 0.316. The molecule has 28 heavy (non-hydrogen) atoms. The Morgan fingerprint density at radius 3 is 2.54 bits per heavy atom. The van der Waals surface area contributed by atoms with Crippen LogP contribution in [0.3, 0.4) is 0 Å². The van der Waals surface area contributed by atoms with Gasteiger partial charge in [-0.1, -0.05) is 30.1 Å². The molecule has 2 aromatic carbocycles. The largest absolute Gasteiger partial charge is 0.484 e. The van der Waals surface area contributed by atoms with Crippen molar-refractivity contribution in [1.29, 1.82) is 0 Å². The number of nitrogens with zero attached hydrogens (tertiary/aromatic N) is 3. The lowest BCUT2D eigenvalue weighted by Crippen LogP contribution is -2.22. The van der Waals surface area contributed by atoms with Crippen molar-refractivity contribution >= 4 is 44.3 Å². The first-order chi connectivity index (χ1) is 13.2. The lowest BCUT2D eigenvalue weighted by molar-refractivity contribution is 0.290. The number of hydrogen-bond donors (Lipinski definition) is 0. The number of aromatic nitrogens is 2. The molecule has 0 saturated heterocycles. The van der Waals surface area contributed by atoms with E-state index in [0.717, 1.165) is 18.5 Å². The van der Waals surface area contributed by atoms with E-state index in [-0.39, 0.29) is 11.5 Å². The number of hydrogen-bond acceptors (Lipinski definition) is 4. The molecule has 1 aromatic heterocycles. The van der Waals surface area contributed by atoms with Crippen LogP contribution in [0.15, 0.2) is 41.3 Å². The number of sulfonamides is 1. The molecule has 1 heterocycles. The van der Waals surface area contributed by atoms with Crippen LogP contribution >= 0.6 is 23.2 Å². The van der Waals surface area contributed by atoms with Gasteiger partial charge in [0, 0.05) is 25.7 Å². The number of halogens is 2. The summed E-state index contributed by atoms with van der Waals surface area (Å²) < 4.78 is 33.9. The Labute approximate surface area is 174 Å². The molecule has 0 aliphatic rings. The number of fused-ring (bicyclic) bond motifs is 1. The highest BCUT2D eigenvalue weighted by molar-refractivity contribution is 7.89. The standard InChI is InChI=1S/C19H21Cl2N3O3S/c1-4-9-24-17-7-6-14(28(25,26)23(2)3)11-16(17)22-19(24)12-27-18-8-5-13(20)10-15(18)21/h5-8,10-11H,4,9,12H2,1-3H3. The van der Waals surface area contributed by atoms with Gasteiger partial charge in [-0.05, 0) is 42.8 Å². The fourth-order valence-electron chi connectivity index (χ4n) is 2.85. The van der Waals surface area contributed by atoms with Crippen LogP contribution in [0, 0.1) is 0 Å². The van der Waals surface area contributed by atoms with Crippen molar-refractivity contribution in [1.82, 2.24) is 13.9 Å². The quantitative estimate of drug-likeness (QED) is 0.537. The lowest BCUT2D eigenvalue weighted by Gasteiger charge is -2.12. The van der Waals surface area contributed by atoms with E-state index in [1.807, 2.05) is 4.57 Å². The predicted octanol–water partition coefficient (Wildman–Crippen LogP) is 4.58. The second-order valence-electron chi connectivity index (χ2n) is 6.48. The Morgan fingerprint density at radius 2 is 1.89 bits per heavy atom. The van der Waals surface area contributed by atoms with Gasteiger partial charge in [-0.15, -0.1) is 0 Å². The van der Waals surface area contributed by atoms with Gasteiger partial charge in [-0.3, -0.25) is 0 Å². The van der Waals surface area contributed by atoms with Crippen molar-refractivity contribution < 1.29 is 13.2 Å². The number of benzene rings is 2. The molecule has 0 saturated carbocycles. The summed E-state index contributed by atoms with van der Waals surface area (Å²) in [6, 6.07) is 10.0. The Balaban J connectivity index is 1.98. The second kappa shape index (κ2) is 8.29. The average Bonchev–Trinajstić information content (AvgIpc) is 2.98. The van der Waals surface area contributed by atoms with E-state index in [2.05, 4.69) is 11.9 Å². The van der Waals surface area contributed by atoms with Gasteiger partial charge in [0.1, 0.15) is 18.2 Å². The molecule has 0 aliphatic carbocycles.